The Balaban J connectivity index is 1.83. The highest BCUT2D eigenvalue weighted by Crippen LogP contribution is 2.62. The summed E-state index contributed by atoms with van der Waals surface area (Å²) in [5.41, 5.74) is 1.54. The highest BCUT2D eigenvalue weighted by atomic mass is 79.9. The SMILES string of the molecule is CCNC(c1cc(Br)sc1C)C1C2CCCC21. The lowest BCUT2D eigenvalue weighted by Gasteiger charge is -2.20. The fourth-order valence-corrected chi connectivity index (χ4v) is 5.57. The van der Waals surface area contributed by atoms with Crippen LogP contribution in [0.1, 0.15) is 42.7 Å². The normalized spacial score (nSPS) is 32.5. The van der Waals surface area contributed by atoms with E-state index in [9.17, 15) is 0 Å². The van der Waals surface area contributed by atoms with Gasteiger partial charge in [-0.1, -0.05) is 13.3 Å². The number of hydrogen-bond donors (Lipinski definition) is 1. The van der Waals surface area contributed by atoms with E-state index in [1.807, 2.05) is 11.3 Å². The molecule has 0 aromatic carbocycles. The molecule has 1 aromatic rings. The van der Waals surface area contributed by atoms with Crippen LogP contribution in [0.15, 0.2) is 9.85 Å². The monoisotopic (exact) mass is 313 g/mol. The molecule has 1 heterocycles. The van der Waals surface area contributed by atoms with E-state index in [1.54, 1.807) is 5.56 Å². The maximum Gasteiger partial charge on any atom is 0.0704 e. The number of aryl methyl sites for hydroxylation is 1. The second-order valence-electron chi connectivity index (χ2n) is 5.43. The summed E-state index contributed by atoms with van der Waals surface area (Å²) in [6.45, 7) is 5.56. The Morgan fingerprint density at radius 1 is 1.47 bits per heavy atom. The van der Waals surface area contributed by atoms with E-state index < -0.39 is 0 Å². The van der Waals surface area contributed by atoms with Gasteiger partial charge in [-0.3, -0.25) is 0 Å². The smallest absolute Gasteiger partial charge is 0.0704 e. The van der Waals surface area contributed by atoms with Gasteiger partial charge >= 0.3 is 0 Å². The van der Waals surface area contributed by atoms with Crippen molar-refractivity contribution >= 4 is 27.3 Å². The summed E-state index contributed by atoms with van der Waals surface area (Å²) in [4.78, 5) is 1.48. The Labute approximate surface area is 116 Å². The number of hydrogen-bond acceptors (Lipinski definition) is 2. The van der Waals surface area contributed by atoms with Crippen LogP contribution < -0.4 is 5.32 Å². The molecule has 1 aromatic heterocycles. The van der Waals surface area contributed by atoms with Gasteiger partial charge in [-0.15, -0.1) is 11.3 Å². The number of halogens is 1. The van der Waals surface area contributed by atoms with E-state index in [0.29, 0.717) is 6.04 Å². The molecular weight excluding hydrogens is 294 g/mol. The summed E-state index contributed by atoms with van der Waals surface area (Å²) in [5, 5.41) is 3.73. The Morgan fingerprint density at radius 3 is 2.71 bits per heavy atom. The molecule has 0 aliphatic heterocycles. The number of rotatable bonds is 4. The minimum Gasteiger partial charge on any atom is -0.310 e. The highest BCUT2D eigenvalue weighted by Gasteiger charge is 2.56. The van der Waals surface area contributed by atoms with Crippen molar-refractivity contribution in [3.63, 3.8) is 0 Å². The van der Waals surface area contributed by atoms with Gasteiger partial charge in [0.1, 0.15) is 0 Å². The molecule has 2 saturated carbocycles. The molecule has 0 amide bonds. The van der Waals surface area contributed by atoms with E-state index in [-0.39, 0.29) is 0 Å². The maximum atomic E-state index is 3.73. The summed E-state index contributed by atoms with van der Waals surface area (Å²) in [6.07, 6.45) is 4.42. The molecule has 1 nitrogen and oxygen atoms in total. The first-order valence-corrected chi connectivity index (χ1v) is 8.32. The molecule has 1 N–H and O–H groups in total. The van der Waals surface area contributed by atoms with Crippen LogP contribution in [-0.2, 0) is 0 Å². The summed E-state index contributed by atoms with van der Waals surface area (Å²) in [6, 6.07) is 2.94. The van der Waals surface area contributed by atoms with E-state index in [0.717, 1.165) is 24.3 Å². The largest absolute Gasteiger partial charge is 0.310 e. The molecule has 94 valence electrons. The number of fused-ring (bicyclic) bond motifs is 1. The summed E-state index contributed by atoms with van der Waals surface area (Å²) in [5.74, 6) is 2.97. The van der Waals surface area contributed by atoms with Crippen LogP contribution in [0, 0.1) is 24.7 Å². The summed E-state index contributed by atoms with van der Waals surface area (Å²) >= 11 is 5.50. The van der Waals surface area contributed by atoms with Gasteiger partial charge in [0.25, 0.3) is 0 Å². The average Bonchev–Trinajstić information content (AvgIpc) is 2.64. The zero-order valence-corrected chi connectivity index (χ0v) is 12.9. The first kappa shape index (κ1) is 12.2. The van der Waals surface area contributed by atoms with E-state index in [4.69, 9.17) is 0 Å². The predicted molar refractivity (Wildman–Crippen MR) is 77.5 cm³/mol. The summed E-state index contributed by atoms with van der Waals surface area (Å²) < 4.78 is 1.28. The summed E-state index contributed by atoms with van der Waals surface area (Å²) in [7, 11) is 0. The van der Waals surface area contributed by atoms with Crippen LogP contribution >= 0.6 is 27.3 Å². The van der Waals surface area contributed by atoms with Crippen LogP contribution in [0.4, 0.5) is 0 Å². The Bertz CT molecular complexity index is 404. The molecule has 2 aliphatic carbocycles. The molecule has 2 aliphatic rings. The molecule has 3 unspecified atom stereocenters. The first-order valence-electron chi connectivity index (χ1n) is 6.71. The minimum atomic E-state index is 0.609. The van der Waals surface area contributed by atoms with E-state index >= 15 is 0 Å². The zero-order chi connectivity index (χ0) is 12.0. The van der Waals surface area contributed by atoms with Crippen molar-refractivity contribution in [2.24, 2.45) is 17.8 Å². The van der Waals surface area contributed by atoms with Gasteiger partial charge in [0, 0.05) is 10.9 Å². The van der Waals surface area contributed by atoms with Crippen molar-refractivity contribution in [1.82, 2.24) is 5.32 Å². The second-order valence-corrected chi connectivity index (χ2v) is 8.07. The van der Waals surface area contributed by atoms with E-state index in [2.05, 4.69) is 41.2 Å². The fourth-order valence-electron chi connectivity index (χ4n) is 3.81. The highest BCUT2D eigenvalue weighted by molar-refractivity contribution is 9.11. The predicted octanol–water partition coefficient (Wildman–Crippen LogP) is 4.52. The van der Waals surface area contributed by atoms with Gasteiger partial charge in [-0.25, -0.2) is 0 Å². The quantitative estimate of drug-likeness (QED) is 0.862. The minimum absolute atomic E-state index is 0.609. The third-order valence-corrected chi connectivity index (χ3v) is 6.11. The lowest BCUT2D eigenvalue weighted by atomic mass is 9.97. The van der Waals surface area contributed by atoms with Crippen LogP contribution in [0.2, 0.25) is 0 Å². The van der Waals surface area contributed by atoms with Crippen LogP contribution in [0.5, 0.6) is 0 Å². The van der Waals surface area contributed by atoms with Crippen LogP contribution in [-0.4, -0.2) is 6.54 Å². The van der Waals surface area contributed by atoms with Crippen molar-refractivity contribution in [2.45, 2.75) is 39.2 Å². The lowest BCUT2D eigenvalue weighted by Crippen LogP contribution is -2.24. The number of thiophene rings is 1. The molecule has 2 fully saturated rings. The Morgan fingerprint density at radius 2 is 2.18 bits per heavy atom. The van der Waals surface area contributed by atoms with E-state index in [1.165, 1.54) is 27.9 Å². The average molecular weight is 314 g/mol. The van der Waals surface area contributed by atoms with Crippen molar-refractivity contribution in [2.75, 3.05) is 6.54 Å². The molecule has 3 atom stereocenters. The number of nitrogens with one attached hydrogen (secondary N) is 1. The van der Waals surface area contributed by atoms with Gasteiger partial charge in [0.05, 0.1) is 3.79 Å². The van der Waals surface area contributed by atoms with Gasteiger partial charge in [0.15, 0.2) is 0 Å². The van der Waals surface area contributed by atoms with Crippen molar-refractivity contribution in [3.8, 4) is 0 Å². The molecule has 0 saturated heterocycles. The van der Waals surface area contributed by atoms with Gasteiger partial charge in [-0.2, -0.15) is 0 Å². The molecule has 3 rings (SSSR count). The molecule has 0 bridgehead atoms. The van der Waals surface area contributed by atoms with Gasteiger partial charge in [0.2, 0.25) is 0 Å². The molecule has 0 spiro atoms. The van der Waals surface area contributed by atoms with Crippen molar-refractivity contribution in [3.05, 3.63) is 20.3 Å². The maximum absolute atomic E-state index is 3.73. The first-order chi connectivity index (χ1) is 8.22. The zero-order valence-electron chi connectivity index (χ0n) is 10.5. The van der Waals surface area contributed by atoms with Crippen molar-refractivity contribution in [1.29, 1.82) is 0 Å². The topological polar surface area (TPSA) is 12.0 Å². The third kappa shape index (κ3) is 2.11. The lowest BCUT2D eigenvalue weighted by molar-refractivity contribution is 0.425. The Hall–Kier alpha value is 0.140. The van der Waals surface area contributed by atoms with Gasteiger partial charge in [-0.05, 0) is 71.6 Å². The fraction of sp³-hybridized carbons (Fsp3) is 0.714. The molecule has 0 radical (unpaired) electrons. The molecule has 3 heteroatoms. The van der Waals surface area contributed by atoms with Gasteiger partial charge < -0.3 is 5.32 Å². The standard InChI is InChI=1S/C14H20BrNS/c1-3-16-14(11-7-12(15)17-8(11)2)13-9-5-4-6-10(9)13/h7,9-10,13-14,16H,3-6H2,1-2H3. The third-order valence-electron chi connectivity index (χ3n) is 4.54. The van der Waals surface area contributed by atoms with Crippen molar-refractivity contribution < 1.29 is 0 Å². The molecular formula is C14H20BrNS. The molecule has 17 heavy (non-hydrogen) atoms. The van der Waals surface area contributed by atoms with Crippen LogP contribution in [0.3, 0.4) is 0 Å². The second kappa shape index (κ2) is 4.67. The Kier molecular flexibility index (Phi) is 3.35. The van der Waals surface area contributed by atoms with Crippen LogP contribution in [0.25, 0.3) is 0 Å².